The van der Waals surface area contributed by atoms with Gasteiger partial charge in [-0.1, -0.05) is 13.8 Å². The van der Waals surface area contributed by atoms with Gasteiger partial charge >= 0.3 is 5.97 Å². The Balaban J connectivity index is 4.61. The van der Waals surface area contributed by atoms with E-state index < -0.39 is 67.0 Å². The lowest BCUT2D eigenvalue weighted by atomic mass is 10.0. The predicted octanol–water partition coefficient (Wildman–Crippen LogP) is -3.49. The summed E-state index contributed by atoms with van der Waals surface area (Å²) in [5.41, 5.74) is 5.38. The van der Waals surface area contributed by atoms with Gasteiger partial charge in [0.25, 0.3) is 0 Å². The highest BCUT2D eigenvalue weighted by Gasteiger charge is 2.28. The summed E-state index contributed by atoms with van der Waals surface area (Å²) in [6.07, 6.45) is -1.11. The van der Waals surface area contributed by atoms with E-state index in [1.807, 2.05) is 0 Å². The van der Waals surface area contributed by atoms with Crippen molar-refractivity contribution >= 4 is 23.7 Å². The number of hydrogen-bond acceptors (Lipinski definition) is 7. The van der Waals surface area contributed by atoms with Gasteiger partial charge in [0.05, 0.1) is 19.3 Å². The zero-order chi connectivity index (χ0) is 19.7. The van der Waals surface area contributed by atoms with Gasteiger partial charge in [0.1, 0.15) is 18.1 Å². The normalized spacial score (nSPS) is 15.6. The monoisotopic (exact) mass is 362 g/mol. The van der Waals surface area contributed by atoms with Crippen LogP contribution in [0.4, 0.5) is 0 Å². The summed E-state index contributed by atoms with van der Waals surface area (Å²) in [4.78, 5) is 46.3. The molecule has 3 amide bonds. The molecule has 11 heteroatoms. The SMILES string of the molecule is CC(C)C(NC(=O)C(CO)NC(=O)CNC(=O)C(N)C(C)O)C(=O)O. The number of nitrogens with one attached hydrogen (secondary N) is 3. The second-order valence-electron chi connectivity index (χ2n) is 5.86. The third-order valence-corrected chi connectivity index (χ3v) is 3.31. The third-order valence-electron chi connectivity index (χ3n) is 3.31. The van der Waals surface area contributed by atoms with Crippen molar-refractivity contribution in [2.24, 2.45) is 11.7 Å². The van der Waals surface area contributed by atoms with Crippen LogP contribution in [0.2, 0.25) is 0 Å². The molecule has 0 bridgehead atoms. The van der Waals surface area contributed by atoms with E-state index in [-0.39, 0.29) is 0 Å². The van der Waals surface area contributed by atoms with Crippen LogP contribution in [0.1, 0.15) is 20.8 Å². The molecule has 4 atom stereocenters. The van der Waals surface area contributed by atoms with Gasteiger partial charge in [-0.25, -0.2) is 4.79 Å². The number of rotatable bonds is 10. The minimum Gasteiger partial charge on any atom is -0.480 e. The Morgan fingerprint density at radius 1 is 1.04 bits per heavy atom. The van der Waals surface area contributed by atoms with Crippen molar-refractivity contribution in [2.75, 3.05) is 13.2 Å². The van der Waals surface area contributed by atoms with Crippen LogP contribution in [0, 0.1) is 5.92 Å². The number of nitrogens with two attached hydrogens (primary N) is 1. The van der Waals surface area contributed by atoms with Gasteiger partial charge in [0.15, 0.2) is 0 Å². The molecule has 0 radical (unpaired) electrons. The topological polar surface area (TPSA) is 191 Å². The van der Waals surface area contributed by atoms with E-state index in [2.05, 4.69) is 16.0 Å². The van der Waals surface area contributed by atoms with Gasteiger partial charge < -0.3 is 37.0 Å². The van der Waals surface area contributed by atoms with Crippen LogP contribution in [-0.4, -0.2) is 76.4 Å². The second-order valence-corrected chi connectivity index (χ2v) is 5.86. The quantitative estimate of drug-likeness (QED) is 0.208. The molecule has 0 aromatic heterocycles. The van der Waals surface area contributed by atoms with Crippen molar-refractivity contribution < 1.29 is 34.5 Å². The number of carboxylic acids is 1. The average Bonchev–Trinajstić information content (AvgIpc) is 2.53. The van der Waals surface area contributed by atoms with Crippen LogP contribution in [-0.2, 0) is 19.2 Å². The molecule has 144 valence electrons. The first-order chi connectivity index (χ1) is 11.5. The molecule has 0 aromatic carbocycles. The largest absolute Gasteiger partial charge is 0.480 e. The molecule has 0 spiro atoms. The molecule has 0 saturated heterocycles. The highest BCUT2D eigenvalue weighted by atomic mass is 16.4. The lowest BCUT2D eigenvalue weighted by Gasteiger charge is -2.22. The van der Waals surface area contributed by atoms with Crippen molar-refractivity contribution in [2.45, 2.75) is 45.0 Å². The Kier molecular flexibility index (Phi) is 9.64. The van der Waals surface area contributed by atoms with E-state index in [1.54, 1.807) is 13.8 Å². The van der Waals surface area contributed by atoms with Crippen LogP contribution < -0.4 is 21.7 Å². The first kappa shape index (κ1) is 22.8. The summed E-state index contributed by atoms with van der Waals surface area (Å²) in [7, 11) is 0. The number of hydrogen-bond donors (Lipinski definition) is 7. The van der Waals surface area contributed by atoms with E-state index in [9.17, 15) is 24.3 Å². The van der Waals surface area contributed by atoms with Crippen LogP contribution in [0.3, 0.4) is 0 Å². The molecule has 0 saturated carbocycles. The molecule has 4 unspecified atom stereocenters. The number of aliphatic carboxylic acids is 1. The maximum atomic E-state index is 12.0. The first-order valence-electron chi connectivity index (χ1n) is 7.66. The lowest BCUT2D eigenvalue weighted by molar-refractivity contribution is -0.143. The molecule has 0 aliphatic rings. The summed E-state index contributed by atoms with van der Waals surface area (Å²) >= 11 is 0. The van der Waals surface area contributed by atoms with Crippen LogP contribution in [0.15, 0.2) is 0 Å². The van der Waals surface area contributed by atoms with Crippen LogP contribution >= 0.6 is 0 Å². The highest BCUT2D eigenvalue weighted by Crippen LogP contribution is 2.02. The van der Waals surface area contributed by atoms with Crippen molar-refractivity contribution in [3.05, 3.63) is 0 Å². The van der Waals surface area contributed by atoms with Gasteiger partial charge in [-0.05, 0) is 12.8 Å². The summed E-state index contributed by atoms with van der Waals surface area (Å²) in [6, 6.07) is -3.77. The Bertz CT molecular complexity index is 496. The Hall–Kier alpha value is -2.24. The van der Waals surface area contributed by atoms with Crippen LogP contribution in [0.5, 0.6) is 0 Å². The number of aliphatic hydroxyl groups is 2. The fourth-order valence-corrected chi connectivity index (χ4v) is 1.71. The molecule has 0 aliphatic carbocycles. The van der Waals surface area contributed by atoms with E-state index in [0.29, 0.717) is 0 Å². The first-order valence-corrected chi connectivity index (χ1v) is 7.66. The third kappa shape index (κ3) is 7.92. The number of amides is 3. The summed E-state index contributed by atoms with van der Waals surface area (Å²) in [5.74, 6) is -4.08. The summed E-state index contributed by atoms with van der Waals surface area (Å²) in [5, 5.41) is 33.9. The predicted molar refractivity (Wildman–Crippen MR) is 86.1 cm³/mol. The van der Waals surface area contributed by atoms with E-state index in [4.69, 9.17) is 15.9 Å². The molecule has 11 nitrogen and oxygen atoms in total. The average molecular weight is 362 g/mol. The Morgan fingerprint density at radius 2 is 1.60 bits per heavy atom. The maximum absolute atomic E-state index is 12.0. The van der Waals surface area contributed by atoms with Gasteiger partial charge in [0, 0.05) is 0 Å². The standard InChI is InChI=1S/C14H26N4O7/c1-6(2)11(14(24)25)18-12(22)8(5-19)17-9(21)4-16-13(23)10(15)7(3)20/h6-8,10-11,19-20H,4-5,15H2,1-3H3,(H,16,23)(H,17,21)(H,18,22)(H,24,25). The fourth-order valence-electron chi connectivity index (χ4n) is 1.71. The number of aliphatic hydroxyl groups excluding tert-OH is 2. The minimum absolute atomic E-state index is 0.405. The van der Waals surface area contributed by atoms with E-state index in [1.165, 1.54) is 6.92 Å². The molecule has 0 rings (SSSR count). The summed E-state index contributed by atoms with van der Waals surface area (Å²) < 4.78 is 0. The lowest BCUT2D eigenvalue weighted by Crippen LogP contribution is -2.56. The Morgan fingerprint density at radius 3 is 2.00 bits per heavy atom. The van der Waals surface area contributed by atoms with Gasteiger partial charge in [0.2, 0.25) is 17.7 Å². The molecule has 0 heterocycles. The zero-order valence-electron chi connectivity index (χ0n) is 14.4. The van der Waals surface area contributed by atoms with Crippen molar-refractivity contribution in [1.29, 1.82) is 0 Å². The molecule has 25 heavy (non-hydrogen) atoms. The second kappa shape index (κ2) is 10.6. The number of carbonyl (C=O) groups excluding carboxylic acids is 3. The summed E-state index contributed by atoms with van der Waals surface area (Å²) in [6.45, 7) is 3.20. The molecule has 0 aromatic rings. The highest BCUT2D eigenvalue weighted by molar-refractivity contribution is 5.92. The minimum atomic E-state index is -1.38. The van der Waals surface area contributed by atoms with Crippen molar-refractivity contribution in [3.8, 4) is 0 Å². The van der Waals surface area contributed by atoms with Gasteiger partial charge in [-0.3, -0.25) is 14.4 Å². The number of carboxylic acid groups (broad SMARTS) is 1. The van der Waals surface area contributed by atoms with E-state index in [0.717, 1.165) is 0 Å². The smallest absolute Gasteiger partial charge is 0.326 e. The Labute approximate surface area is 145 Å². The van der Waals surface area contributed by atoms with Crippen LogP contribution in [0.25, 0.3) is 0 Å². The molecular formula is C14H26N4O7. The van der Waals surface area contributed by atoms with Crippen molar-refractivity contribution in [3.63, 3.8) is 0 Å². The van der Waals surface area contributed by atoms with Gasteiger partial charge in [-0.2, -0.15) is 0 Å². The van der Waals surface area contributed by atoms with Gasteiger partial charge in [-0.15, -0.1) is 0 Å². The maximum Gasteiger partial charge on any atom is 0.326 e. The fraction of sp³-hybridized carbons (Fsp3) is 0.714. The molecule has 0 aliphatic heterocycles. The molecular weight excluding hydrogens is 336 g/mol. The van der Waals surface area contributed by atoms with Crippen molar-refractivity contribution in [1.82, 2.24) is 16.0 Å². The van der Waals surface area contributed by atoms with E-state index >= 15 is 0 Å². The zero-order valence-corrected chi connectivity index (χ0v) is 14.4. The molecule has 8 N–H and O–H groups in total. The molecule has 0 fully saturated rings. The number of carbonyl (C=O) groups is 4.